The van der Waals surface area contributed by atoms with Crippen LogP contribution in [-0.4, -0.2) is 90.6 Å². The number of halogens is 6. The molecular weight excluding hydrogens is 482 g/mol. The van der Waals surface area contributed by atoms with Crippen LogP contribution >= 0.6 is 0 Å². The van der Waals surface area contributed by atoms with Gasteiger partial charge >= 0.3 is 18.3 Å². The van der Waals surface area contributed by atoms with Gasteiger partial charge in [-0.25, -0.2) is 9.79 Å². The number of hydrogen-bond acceptors (Lipinski definition) is 7. The topological polar surface area (TPSA) is 156 Å². The molecule has 0 radical (unpaired) electrons. The lowest BCUT2D eigenvalue weighted by molar-refractivity contribution is -0.296. The van der Waals surface area contributed by atoms with E-state index in [2.05, 4.69) is 15.6 Å². The highest BCUT2D eigenvalue weighted by Gasteiger charge is 2.55. The van der Waals surface area contributed by atoms with E-state index in [0.29, 0.717) is 0 Å². The second-order valence-corrected chi connectivity index (χ2v) is 7.21. The van der Waals surface area contributed by atoms with Crippen molar-refractivity contribution < 1.29 is 55.6 Å². The Labute approximate surface area is 190 Å². The molecular formula is C18H26F6N4O6. The van der Waals surface area contributed by atoms with Crippen LogP contribution in [0, 0.1) is 0 Å². The molecule has 196 valence electrons. The molecule has 10 nitrogen and oxygen atoms in total. The van der Waals surface area contributed by atoms with Crippen molar-refractivity contribution in [2.24, 2.45) is 10.7 Å². The number of ether oxygens (including phenoxy) is 2. The van der Waals surface area contributed by atoms with Crippen molar-refractivity contribution in [1.82, 2.24) is 10.6 Å². The van der Waals surface area contributed by atoms with Gasteiger partial charge in [-0.3, -0.25) is 4.79 Å². The first kappa shape index (κ1) is 29.4. The molecule has 0 spiro atoms. The first-order chi connectivity index (χ1) is 15.5. The number of rotatable bonds is 8. The van der Waals surface area contributed by atoms with E-state index in [1.165, 1.54) is 14.0 Å². The van der Waals surface area contributed by atoms with E-state index in [9.17, 15) is 46.1 Å². The van der Waals surface area contributed by atoms with E-state index < -0.39 is 60.7 Å². The lowest BCUT2D eigenvalue weighted by Crippen LogP contribution is -2.59. The fraction of sp³-hybridized carbons (Fsp3) is 0.722. The number of nitrogens with two attached hydrogens (primary N) is 1. The quantitative estimate of drug-likeness (QED) is 0.132. The van der Waals surface area contributed by atoms with Gasteiger partial charge in [-0.05, 0) is 13.0 Å². The van der Waals surface area contributed by atoms with E-state index in [1.807, 2.05) is 0 Å². The summed E-state index contributed by atoms with van der Waals surface area (Å²) in [7, 11) is 1.36. The molecule has 0 aliphatic heterocycles. The number of aliphatic hydroxyl groups excluding tert-OH is 2. The molecule has 34 heavy (non-hydrogen) atoms. The molecule has 0 fully saturated rings. The van der Waals surface area contributed by atoms with Crippen LogP contribution in [0.3, 0.4) is 0 Å². The number of nitrogens with zero attached hydrogens (tertiary/aromatic N) is 1. The summed E-state index contributed by atoms with van der Waals surface area (Å²) in [6.45, 7) is 2.36. The van der Waals surface area contributed by atoms with Crippen molar-refractivity contribution in [3.63, 3.8) is 0 Å². The van der Waals surface area contributed by atoms with Crippen LogP contribution in [0.5, 0.6) is 0 Å². The van der Waals surface area contributed by atoms with Crippen LogP contribution < -0.4 is 16.4 Å². The summed E-state index contributed by atoms with van der Waals surface area (Å²) < 4.78 is 88.3. The Morgan fingerprint density at radius 3 is 2.15 bits per heavy atom. The maximum absolute atomic E-state index is 13.1. The van der Waals surface area contributed by atoms with Gasteiger partial charge in [0.1, 0.15) is 6.10 Å². The average molecular weight is 508 g/mol. The number of carbonyl (C=O) groups excluding carboxylic acids is 2. The van der Waals surface area contributed by atoms with Crippen LogP contribution in [0.1, 0.15) is 20.3 Å². The Morgan fingerprint density at radius 1 is 1.21 bits per heavy atom. The molecule has 0 aromatic rings. The SMILES string of the molecule is CCOC(=O)C1=C[C@@H](OC(C(O)C(F)(F)F)C(O)C(F)(F)F)[C@H](NC(C)=O)[C@@H](N=C(N)NC)C1. The average Bonchev–Trinajstić information content (AvgIpc) is 2.71. The lowest BCUT2D eigenvalue weighted by Gasteiger charge is -2.39. The van der Waals surface area contributed by atoms with Crippen molar-refractivity contribution in [2.75, 3.05) is 13.7 Å². The minimum absolute atomic E-state index is 0.106. The van der Waals surface area contributed by atoms with Gasteiger partial charge in [0.15, 0.2) is 18.2 Å². The Morgan fingerprint density at radius 2 is 1.74 bits per heavy atom. The third-order valence-electron chi connectivity index (χ3n) is 4.64. The summed E-state index contributed by atoms with van der Waals surface area (Å²) in [4.78, 5) is 28.0. The number of amides is 1. The molecule has 0 bridgehead atoms. The maximum Gasteiger partial charge on any atom is 0.417 e. The van der Waals surface area contributed by atoms with Gasteiger partial charge in [-0.1, -0.05) is 0 Å². The van der Waals surface area contributed by atoms with Crippen LogP contribution in [-0.2, 0) is 19.1 Å². The Hall–Kier alpha value is -2.59. The monoisotopic (exact) mass is 508 g/mol. The number of hydrogen-bond donors (Lipinski definition) is 5. The van der Waals surface area contributed by atoms with E-state index in [4.69, 9.17) is 15.2 Å². The normalized spacial score (nSPS) is 24.5. The predicted molar refractivity (Wildman–Crippen MR) is 104 cm³/mol. The second-order valence-electron chi connectivity index (χ2n) is 7.21. The van der Waals surface area contributed by atoms with Crippen LogP contribution in [0.25, 0.3) is 0 Å². The molecule has 0 saturated carbocycles. The molecule has 0 aromatic carbocycles. The number of nitrogens with one attached hydrogen (secondary N) is 2. The molecule has 1 aliphatic carbocycles. The summed E-state index contributed by atoms with van der Waals surface area (Å²) >= 11 is 0. The van der Waals surface area contributed by atoms with Crippen LogP contribution in [0.2, 0.25) is 0 Å². The zero-order valence-electron chi connectivity index (χ0n) is 18.3. The number of carbonyl (C=O) groups is 2. The van der Waals surface area contributed by atoms with E-state index in [-0.39, 0.29) is 24.6 Å². The van der Waals surface area contributed by atoms with Gasteiger partial charge in [-0.15, -0.1) is 0 Å². The van der Waals surface area contributed by atoms with Crippen molar-refractivity contribution in [1.29, 1.82) is 0 Å². The molecule has 0 heterocycles. The highest BCUT2D eigenvalue weighted by Crippen LogP contribution is 2.34. The molecule has 16 heteroatoms. The van der Waals surface area contributed by atoms with Crippen molar-refractivity contribution in [3.05, 3.63) is 11.6 Å². The molecule has 0 saturated heterocycles. The Balaban J connectivity index is 3.59. The largest absolute Gasteiger partial charge is 0.463 e. The van der Waals surface area contributed by atoms with E-state index >= 15 is 0 Å². The molecule has 1 amide bonds. The standard InChI is InChI=1S/C18H26F6N4O6/c1-4-33-15(32)8-5-9(28-16(25)26-3)11(27-7(2)29)10(6-8)34-12(13(30)17(19,20)21)14(31)18(22,23)24/h6,9-14,30-31H,4-5H2,1-3H3,(H,27,29)(H3,25,26,28)/t9-,10+,11+,12?,13?,14?/m0/s1. The zero-order valence-corrected chi connectivity index (χ0v) is 18.3. The van der Waals surface area contributed by atoms with Crippen LogP contribution in [0.15, 0.2) is 16.6 Å². The van der Waals surface area contributed by atoms with Crippen LogP contribution in [0.4, 0.5) is 26.3 Å². The first-order valence-electron chi connectivity index (χ1n) is 9.83. The predicted octanol–water partition coefficient (Wildman–Crippen LogP) is -0.113. The van der Waals surface area contributed by atoms with Gasteiger partial charge in [0.2, 0.25) is 5.91 Å². The molecule has 1 aliphatic rings. The smallest absolute Gasteiger partial charge is 0.417 e. The maximum atomic E-state index is 13.1. The fourth-order valence-electron chi connectivity index (χ4n) is 3.10. The molecule has 6 N–H and O–H groups in total. The first-order valence-corrected chi connectivity index (χ1v) is 9.83. The van der Waals surface area contributed by atoms with E-state index in [0.717, 1.165) is 13.0 Å². The number of esters is 1. The summed E-state index contributed by atoms with van der Waals surface area (Å²) in [6, 6.07) is -2.65. The van der Waals surface area contributed by atoms with Gasteiger partial charge in [0.25, 0.3) is 0 Å². The summed E-state index contributed by atoms with van der Waals surface area (Å²) in [5, 5.41) is 23.8. The van der Waals surface area contributed by atoms with E-state index in [1.54, 1.807) is 0 Å². The molecule has 5 atom stereocenters. The van der Waals surface area contributed by atoms with Crippen molar-refractivity contribution in [2.45, 2.75) is 69.1 Å². The van der Waals surface area contributed by atoms with Gasteiger partial charge in [0, 0.05) is 26.0 Å². The molecule has 1 rings (SSSR count). The van der Waals surface area contributed by atoms with Crippen molar-refractivity contribution in [3.8, 4) is 0 Å². The Kier molecular flexibility index (Phi) is 10.1. The van der Waals surface area contributed by atoms with Gasteiger partial charge in [-0.2, -0.15) is 26.3 Å². The zero-order chi connectivity index (χ0) is 26.4. The Bertz CT molecular complexity index is 768. The summed E-state index contributed by atoms with van der Waals surface area (Å²) in [5.41, 5.74) is 5.36. The molecule has 2 unspecified atom stereocenters. The third-order valence-corrected chi connectivity index (χ3v) is 4.64. The minimum atomic E-state index is -5.61. The number of alkyl halides is 6. The number of aliphatic imine (C=N–C) groups is 1. The minimum Gasteiger partial charge on any atom is -0.463 e. The van der Waals surface area contributed by atoms with Gasteiger partial charge in [0.05, 0.1) is 24.8 Å². The number of guanidine groups is 1. The number of aliphatic hydroxyl groups is 2. The summed E-state index contributed by atoms with van der Waals surface area (Å²) in [5.74, 6) is -1.96. The van der Waals surface area contributed by atoms with Crippen molar-refractivity contribution >= 4 is 17.8 Å². The third kappa shape index (κ3) is 8.02. The summed E-state index contributed by atoms with van der Waals surface area (Å²) in [6.07, 6.45) is -23.4. The highest BCUT2D eigenvalue weighted by molar-refractivity contribution is 5.89. The highest BCUT2D eigenvalue weighted by atomic mass is 19.4. The van der Waals surface area contributed by atoms with Gasteiger partial charge < -0.3 is 36.1 Å². The lowest BCUT2D eigenvalue weighted by atomic mass is 9.87. The second kappa shape index (κ2) is 11.7. The fourth-order valence-corrected chi connectivity index (χ4v) is 3.10. The molecule has 0 aromatic heterocycles.